The van der Waals surface area contributed by atoms with Crippen molar-refractivity contribution in [3.8, 4) is 0 Å². The van der Waals surface area contributed by atoms with Crippen molar-refractivity contribution in [3.63, 3.8) is 0 Å². The van der Waals surface area contributed by atoms with Crippen LogP contribution < -0.4 is 10.6 Å². The molecule has 0 aliphatic heterocycles. The Morgan fingerprint density at radius 2 is 2.05 bits per heavy atom. The van der Waals surface area contributed by atoms with Gasteiger partial charge in [0.25, 0.3) is 0 Å². The zero-order valence-corrected chi connectivity index (χ0v) is 13.9. The van der Waals surface area contributed by atoms with Gasteiger partial charge in [-0.1, -0.05) is 0 Å². The van der Waals surface area contributed by atoms with Gasteiger partial charge in [0, 0.05) is 10.4 Å². The third-order valence-electron chi connectivity index (χ3n) is 3.03. The van der Waals surface area contributed by atoms with Crippen molar-refractivity contribution in [1.82, 2.24) is 5.32 Å². The maximum absolute atomic E-state index is 12.0. The second-order valence-corrected chi connectivity index (χ2v) is 7.40. The van der Waals surface area contributed by atoms with Crippen LogP contribution in [-0.4, -0.2) is 23.7 Å². The molecule has 4 nitrogen and oxygen atoms in total. The van der Waals surface area contributed by atoms with Crippen LogP contribution in [-0.2, 0) is 17.6 Å². The van der Waals surface area contributed by atoms with Gasteiger partial charge in [-0.2, -0.15) is 0 Å². The Kier molecular flexibility index (Phi) is 4.34. The topological polar surface area (TPSA) is 50.4 Å². The third-order valence-corrected chi connectivity index (χ3v) is 4.44. The molecule has 0 fully saturated rings. The number of aryl methyl sites for hydroxylation is 1. The molecule has 1 aromatic rings. The number of carbonyl (C=O) groups is 1. The summed E-state index contributed by atoms with van der Waals surface area (Å²) in [6.45, 7) is 6.11. The van der Waals surface area contributed by atoms with Gasteiger partial charge >= 0.3 is 5.97 Å². The lowest BCUT2D eigenvalue weighted by Crippen LogP contribution is -2.43. The van der Waals surface area contributed by atoms with Crippen LogP contribution in [0, 0.1) is 0 Å². The first-order valence-corrected chi connectivity index (χ1v) is 7.86. The Bertz CT molecular complexity index is 544. The van der Waals surface area contributed by atoms with Gasteiger partial charge in [-0.05, 0) is 57.8 Å². The van der Waals surface area contributed by atoms with Gasteiger partial charge in [0.15, 0.2) is 5.11 Å². The summed E-state index contributed by atoms with van der Waals surface area (Å²) >= 11 is 6.91. The average molecular weight is 312 g/mol. The first kappa shape index (κ1) is 15.3. The Morgan fingerprint density at radius 3 is 2.65 bits per heavy atom. The van der Waals surface area contributed by atoms with E-state index in [2.05, 4.69) is 10.6 Å². The summed E-state index contributed by atoms with van der Waals surface area (Å²) in [5.74, 6) is -0.287. The first-order chi connectivity index (χ1) is 9.31. The summed E-state index contributed by atoms with van der Waals surface area (Å²) < 4.78 is 4.91. The van der Waals surface area contributed by atoms with Gasteiger partial charge in [0.1, 0.15) is 5.00 Å². The fourth-order valence-electron chi connectivity index (χ4n) is 2.29. The summed E-state index contributed by atoms with van der Waals surface area (Å²) in [5, 5.41) is 7.67. The van der Waals surface area contributed by atoms with Crippen LogP contribution in [0.2, 0.25) is 0 Å². The maximum Gasteiger partial charge on any atom is 0.341 e. The van der Waals surface area contributed by atoms with E-state index in [0.717, 1.165) is 29.8 Å². The quantitative estimate of drug-likeness (QED) is 0.649. The second-order valence-electron chi connectivity index (χ2n) is 5.88. The minimum absolute atomic E-state index is 0.116. The highest BCUT2D eigenvalue weighted by Crippen LogP contribution is 2.39. The van der Waals surface area contributed by atoms with Crippen molar-refractivity contribution in [2.45, 2.75) is 45.6 Å². The molecule has 0 aromatic carbocycles. The van der Waals surface area contributed by atoms with Gasteiger partial charge in [0.05, 0.1) is 12.7 Å². The Balaban J connectivity index is 2.24. The zero-order chi connectivity index (χ0) is 14.9. The summed E-state index contributed by atoms with van der Waals surface area (Å²) in [5.41, 5.74) is 1.67. The van der Waals surface area contributed by atoms with Crippen molar-refractivity contribution >= 4 is 39.6 Å². The second kappa shape index (κ2) is 5.69. The van der Waals surface area contributed by atoms with Gasteiger partial charge in [-0.25, -0.2) is 4.79 Å². The number of hydrogen-bond acceptors (Lipinski definition) is 4. The number of esters is 1. The number of fused-ring (bicyclic) bond motifs is 1. The highest BCUT2D eigenvalue weighted by Gasteiger charge is 2.27. The maximum atomic E-state index is 12.0. The number of hydrogen-bond donors (Lipinski definition) is 2. The highest BCUT2D eigenvalue weighted by molar-refractivity contribution is 7.80. The SMILES string of the molecule is COC(=O)c1c(NC(=S)NC(C)(C)C)sc2c1CCC2. The Labute approximate surface area is 128 Å². The lowest BCUT2D eigenvalue weighted by molar-refractivity contribution is 0.0601. The molecule has 1 aliphatic rings. The van der Waals surface area contributed by atoms with Crippen LogP contribution in [0.15, 0.2) is 0 Å². The first-order valence-electron chi connectivity index (χ1n) is 6.64. The molecule has 0 spiro atoms. The zero-order valence-electron chi connectivity index (χ0n) is 12.3. The van der Waals surface area contributed by atoms with E-state index >= 15 is 0 Å². The third kappa shape index (κ3) is 3.30. The molecule has 0 saturated carbocycles. The molecular formula is C14H20N2O2S2. The number of thiophene rings is 1. The molecule has 0 unspecified atom stereocenters. The minimum Gasteiger partial charge on any atom is -0.465 e. The number of rotatable bonds is 2. The smallest absolute Gasteiger partial charge is 0.341 e. The van der Waals surface area contributed by atoms with Gasteiger partial charge < -0.3 is 15.4 Å². The number of thiocarbonyl (C=S) groups is 1. The lowest BCUT2D eigenvalue weighted by atomic mass is 10.1. The normalized spacial score (nSPS) is 13.8. The van der Waals surface area contributed by atoms with Crippen molar-refractivity contribution in [1.29, 1.82) is 0 Å². The Morgan fingerprint density at radius 1 is 1.35 bits per heavy atom. The van der Waals surface area contributed by atoms with Crippen LogP contribution >= 0.6 is 23.6 Å². The Hall–Kier alpha value is -1.14. The number of ether oxygens (including phenoxy) is 1. The summed E-state index contributed by atoms with van der Waals surface area (Å²) in [6.07, 6.45) is 3.08. The molecule has 110 valence electrons. The standard InChI is InChI=1S/C14H20N2O2S2/c1-14(2,3)16-13(19)15-11-10(12(17)18-4)8-6-5-7-9(8)20-11/h5-7H2,1-4H3,(H2,15,16,19). The lowest BCUT2D eigenvalue weighted by Gasteiger charge is -2.23. The van der Waals surface area contributed by atoms with Crippen LogP contribution in [0.3, 0.4) is 0 Å². The summed E-state index contributed by atoms with van der Waals surface area (Å²) in [4.78, 5) is 13.3. The number of carbonyl (C=O) groups excluding carboxylic acids is 1. The average Bonchev–Trinajstić information content (AvgIpc) is 2.85. The van der Waals surface area contributed by atoms with E-state index in [9.17, 15) is 4.79 Å². The molecule has 0 radical (unpaired) electrons. The van der Waals surface area contributed by atoms with E-state index < -0.39 is 0 Å². The highest BCUT2D eigenvalue weighted by atomic mass is 32.1. The number of methoxy groups -OCH3 is 1. The molecule has 20 heavy (non-hydrogen) atoms. The monoisotopic (exact) mass is 312 g/mol. The van der Waals surface area contributed by atoms with Gasteiger partial charge in [0.2, 0.25) is 0 Å². The van der Waals surface area contributed by atoms with Crippen LogP contribution in [0.4, 0.5) is 5.00 Å². The van der Waals surface area contributed by atoms with Gasteiger partial charge in [-0.3, -0.25) is 0 Å². The minimum atomic E-state index is -0.287. The summed E-state index contributed by atoms with van der Waals surface area (Å²) in [6, 6.07) is 0. The largest absolute Gasteiger partial charge is 0.465 e. The van der Waals surface area contributed by atoms with E-state index in [1.165, 1.54) is 12.0 Å². The van der Waals surface area contributed by atoms with Crippen LogP contribution in [0.1, 0.15) is 48.0 Å². The van der Waals surface area contributed by atoms with Crippen molar-refractivity contribution in [2.24, 2.45) is 0 Å². The predicted molar refractivity (Wildman–Crippen MR) is 86.8 cm³/mol. The van der Waals surface area contributed by atoms with E-state index in [4.69, 9.17) is 17.0 Å². The van der Waals surface area contributed by atoms with E-state index in [0.29, 0.717) is 10.7 Å². The molecule has 2 N–H and O–H groups in total. The molecule has 1 aliphatic carbocycles. The van der Waals surface area contributed by atoms with Crippen molar-refractivity contribution in [3.05, 3.63) is 16.0 Å². The van der Waals surface area contributed by atoms with Gasteiger partial charge in [-0.15, -0.1) is 11.3 Å². The molecule has 2 rings (SSSR count). The summed E-state index contributed by atoms with van der Waals surface area (Å²) in [7, 11) is 1.41. The van der Waals surface area contributed by atoms with E-state index in [-0.39, 0.29) is 11.5 Å². The van der Waals surface area contributed by atoms with Crippen molar-refractivity contribution in [2.75, 3.05) is 12.4 Å². The molecule has 6 heteroatoms. The molecule has 1 heterocycles. The fourth-order valence-corrected chi connectivity index (χ4v) is 4.04. The van der Waals surface area contributed by atoms with Crippen LogP contribution in [0.25, 0.3) is 0 Å². The molecule has 0 atom stereocenters. The van der Waals surface area contributed by atoms with Crippen molar-refractivity contribution < 1.29 is 9.53 Å². The van der Waals surface area contributed by atoms with E-state index in [1.54, 1.807) is 11.3 Å². The van der Waals surface area contributed by atoms with E-state index in [1.807, 2.05) is 20.8 Å². The number of nitrogens with one attached hydrogen (secondary N) is 2. The molecule has 0 amide bonds. The predicted octanol–water partition coefficient (Wildman–Crippen LogP) is 3.11. The molecule has 0 saturated heterocycles. The number of anilines is 1. The molecule has 1 aromatic heterocycles. The fraction of sp³-hybridized carbons (Fsp3) is 0.571. The molecular weight excluding hydrogens is 292 g/mol. The molecule has 0 bridgehead atoms. The van der Waals surface area contributed by atoms with Crippen LogP contribution in [0.5, 0.6) is 0 Å².